The van der Waals surface area contributed by atoms with Gasteiger partial charge in [0.15, 0.2) is 0 Å². The molecule has 16 heavy (non-hydrogen) atoms. The molecule has 84 valence electrons. The van der Waals surface area contributed by atoms with Crippen LogP contribution in [-0.4, -0.2) is 17.9 Å². The minimum atomic E-state index is -0.514. The van der Waals surface area contributed by atoms with Gasteiger partial charge in [0.05, 0.1) is 12.1 Å². The molecule has 2 rings (SSSR count). The lowest BCUT2D eigenvalue weighted by Crippen LogP contribution is -2.39. The van der Waals surface area contributed by atoms with Gasteiger partial charge in [-0.3, -0.25) is 15.0 Å². The van der Waals surface area contributed by atoms with E-state index in [9.17, 15) is 9.59 Å². The highest BCUT2D eigenvalue weighted by molar-refractivity contribution is 9.10. The summed E-state index contributed by atoms with van der Waals surface area (Å²) in [6.07, 6.45) is 0.163. The van der Waals surface area contributed by atoms with Crippen molar-refractivity contribution in [3.8, 4) is 0 Å². The summed E-state index contributed by atoms with van der Waals surface area (Å²) in [4.78, 5) is 22.6. The first-order valence-electron chi connectivity index (χ1n) is 4.76. The predicted octanol–water partition coefficient (Wildman–Crippen LogP) is 0.781. The standard InChI is InChI=1S/C10H10BrN3O2/c11-6-3-1-2-4-7(6)12-10(16)8-5-9(15)14-13-8/h1-4,8,13H,5H2,(H,12,16)(H,14,15). The van der Waals surface area contributed by atoms with Crippen molar-refractivity contribution in [2.24, 2.45) is 0 Å². The first kappa shape index (κ1) is 11.1. The summed E-state index contributed by atoms with van der Waals surface area (Å²) in [5, 5.41) is 2.73. The first-order chi connectivity index (χ1) is 7.66. The fourth-order valence-electron chi connectivity index (χ4n) is 1.40. The van der Waals surface area contributed by atoms with Gasteiger partial charge in [0.2, 0.25) is 11.8 Å². The Balaban J connectivity index is 2.03. The van der Waals surface area contributed by atoms with E-state index in [-0.39, 0.29) is 18.2 Å². The third-order valence-corrected chi connectivity index (χ3v) is 2.92. The molecule has 1 aromatic rings. The van der Waals surface area contributed by atoms with Crippen LogP contribution in [0.5, 0.6) is 0 Å². The van der Waals surface area contributed by atoms with Crippen LogP contribution in [0.2, 0.25) is 0 Å². The number of halogens is 1. The van der Waals surface area contributed by atoms with Gasteiger partial charge in [-0.2, -0.15) is 0 Å². The van der Waals surface area contributed by atoms with E-state index < -0.39 is 6.04 Å². The molecular formula is C10H10BrN3O2. The molecule has 1 aliphatic heterocycles. The number of benzene rings is 1. The van der Waals surface area contributed by atoms with Crippen LogP contribution in [0, 0.1) is 0 Å². The lowest BCUT2D eigenvalue weighted by molar-refractivity contribution is -0.121. The van der Waals surface area contributed by atoms with Crippen molar-refractivity contribution in [3.63, 3.8) is 0 Å². The Morgan fingerprint density at radius 1 is 1.44 bits per heavy atom. The molecule has 1 saturated heterocycles. The van der Waals surface area contributed by atoms with Crippen LogP contribution in [0.15, 0.2) is 28.7 Å². The van der Waals surface area contributed by atoms with Crippen LogP contribution in [0.25, 0.3) is 0 Å². The van der Waals surface area contributed by atoms with Crippen molar-refractivity contribution in [2.75, 3.05) is 5.32 Å². The van der Waals surface area contributed by atoms with Crippen molar-refractivity contribution in [2.45, 2.75) is 12.5 Å². The second kappa shape index (κ2) is 4.63. The molecule has 0 saturated carbocycles. The van der Waals surface area contributed by atoms with Gasteiger partial charge in [0, 0.05) is 4.47 Å². The maximum atomic E-state index is 11.7. The van der Waals surface area contributed by atoms with Gasteiger partial charge in [-0.15, -0.1) is 0 Å². The molecule has 1 atom stereocenters. The van der Waals surface area contributed by atoms with E-state index in [0.29, 0.717) is 5.69 Å². The number of carbonyl (C=O) groups excluding carboxylic acids is 2. The third kappa shape index (κ3) is 2.40. The molecule has 0 bridgehead atoms. The number of nitrogens with one attached hydrogen (secondary N) is 3. The lowest BCUT2D eigenvalue weighted by atomic mass is 10.2. The molecular weight excluding hydrogens is 274 g/mol. The van der Waals surface area contributed by atoms with E-state index in [1.807, 2.05) is 18.2 Å². The Kier molecular flexibility index (Phi) is 3.21. The van der Waals surface area contributed by atoms with Crippen LogP contribution >= 0.6 is 15.9 Å². The van der Waals surface area contributed by atoms with E-state index in [2.05, 4.69) is 32.1 Å². The lowest BCUT2D eigenvalue weighted by Gasteiger charge is -2.10. The molecule has 1 aromatic carbocycles. The van der Waals surface area contributed by atoms with Gasteiger partial charge in [0.1, 0.15) is 6.04 Å². The molecule has 0 radical (unpaired) electrons. The monoisotopic (exact) mass is 283 g/mol. The van der Waals surface area contributed by atoms with Gasteiger partial charge < -0.3 is 5.32 Å². The Morgan fingerprint density at radius 2 is 2.19 bits per heavy atom. The van der Waals surface area contributed by atoms with E-state index in [0.717, 1.165) is 4.47 Å². The summed E-state index contributed by atoms with van der Waals surface area (Å²) in [5.41, 5.74) is 5.70. The molecule has 5 nitrogen and oxygen atoms in total. The second-order valence-electron chi connectivity index (χ2n) is 3.42. The number of anilines is 1. The Morgan fingerprint density at radius 3 is 2.81 bits per heavy atom. The molecule has 0 aromatic heterocycles. The highest BCUT2D eigenvalue weighted by Crippen LogP contribution is 2.21. The van der Waals surface area contributed by atoms with Crippen LogP contribution in [-0.2, 0) is 9.59 Å². The Labute approximate surface area is 101 Å². The summed E-state index contributed by atoms with van der Waals surface area (Å²) in [5.74, 6) is -0.405. The fourth-order valence-corrected chi connectivity index (χ4v) is 1.78. The largest absolute Gasteiger partial charge is 0.324 e. The molecule has 0 aliphatic carbocycles. The quantitative estimate of drug-likeness (QED) is 0.751. The Bertz CT molecular complexity index is 436. The summed E-state index contributed by atoms with van der Waals surface area (Å²) in [6.45, 7) is 0. The normalized spacial score (nSPS) is 19.3. The van der Waals surface area contributed by atoms with Crippen molar-refractivity contribution >= 4 is 33.4 Å². The van der Waals surface area contributed by atoms with E-state index in [1.165, 1.54) is 0 Å². The molecule has 1 fully saturated rings. The van der Waals surface area contributed by atoms with Gasteiger partial charge in [-0.05, 0) is 28.1 Å². The maximum absolute atomic E-state index is 11.7. The van der Waals surface area contributed by atoms with Crippen molar-refractivity contribution in [1.29, 1.82) is 0 Å². The summed E-state index contributed by atoms with van der Waals surface area (Å²) in [6, 6.07) is 6.79. The predicted molar refractivity (Wildman–Crippen MR) is 62.5 cm³/mol. The van der Waals surface area contributed by atoms with Crippen LogP contribution < -0.4 is 16.2 Å². The smallest absolute Gasteiger partial charge is 0.243 e. The molecule has 1 unspecified atom stereocenters. The fraction of sp³-hybridized carbons (Fsp3) is 0.200. The van der Waals surface area contributed by atoms with Gasteiger partial charge in [0.25, 0.3) is 0 Å². The maximum Gasteiger partial charge on any atom is 0.243 e. The van der Waals surface area contributed by atoms with Crippen LogP contribution in [0.4, 0.5) is 5.69 Å². The molecule has 1 heterocycles. The number of amides is 2. The number of para-hydroxylation sites is 1. The molecule has 3 N–H and O–H groups in total. The van der Waals surface area contributed by atoms with Gasteiger partial charge in [-0.1, -0.05) is 12.1 Å². The number of rotatable bonds is 2. The third-order valence-electron chi connectivity index (χ3n) is 2.22. The number of hydrazine groups is 1. The highest BCUT2D eigenvalue weighted by Gasteiger charge is 2.27. The summed E-state index contributed by atoms with van der Waals surface area (Å²) < 4.78 is 0.806. The summed E-state index contributed by atoms with van der Waals surface area (Å²) >= 11 is 3.33. The molecule has 1 aliphatic rings. The minimum Gasteiger partial charge on any atom is -0.324 e. The summed E-state index contributed by atoms with van der Waals surface area (Å²) in [7, 11) is 0. The molecule has 0 spiro atoms. The molecule has 2 amide bonds. The number of hydrogen-bond donors (Lipinski definition) is 3. The Hall–Kier alpha value is -1.40. The SMILES string of the molecule is O=C1CC(C(=O)Nc2ccccc2Br)NN1. The van der Waals surface area contributed by atoms with E-state index >= 15 is 0 Å². The molecule has 6 heteroatoms. The number of carbonyl (C=O) groups is 2. The highest BCUT2D eigenvalue weighted by atomic mass is 79.9. The average molecular weight is 284 g/mol. The second-order valence-corrected chi connectivity index (χ2v) is 4.27. The zero-order valence-electron chi connectivity index (χ0n) is 8.29. The van der Waals surface area contributed by atoms with Gasteiger partial charge >= 0.3 is 0 Å². The van der Waals surface area contributed by atoms with E-state index in [4.69, 9.17) is 0 Å². The first-order valence-corrected chi connectivity index (χ1v) is 5.56. The van der Waals surface area contributed by atoms with Crippen molar-refractivity contribution < 1.29 is 9.59 Å². The average Bonchev–Trinajstić information content (AvgIpc) is 2.68. The zero-order chi connectivity index (χ0) is 11.5. The van der Waals surface area contributed by atoms with Crippen LogP contribution in [0.1, 0.15) is 6.42 Å². The topological polar surface area (TPSA) is 70.2 Å². The minimum absolute atomic E-state index is 0.163. The van der Waals surface area contributed by atoms with E-state index in [1.54, 1.807) is 6.07 Å². The zero-order valence-corrected chi connectivity index (χ0v) is 9.87. The van der Waals surface area contributed by atoms with Gasteiger partial charge in [-0.25, -0.2) is 5.43 Å². The van der Waals surface area contributed by atoms with Crippen LogP contribution in [0.3, 0.4) is 0 Å². The van der Waals surface area contributed by atoms with Crippen molar-refractivity contribution in [1.82, 2.24) is 10.9 Å². The number of hydrogen-bond acceptors (Lipinski definition) is 3. The van der Waals surface area contributed by atoms with Crippen molar-refractivity contribution in [3.05, 3.63) is 28.7 Å².